The van der Waals surface area contributed by atoms with Gasteiger partial charge in [0.15, 0.2) is 0 Å². The average molecular weight is 330 g/mol. The fourth-order valence-corrected chi connectivity index (χ4v) is 4.88. The van der Waals surface area contributed by atoms with E-state index >= 15 is 0 Å². The van der Waals surface area contributed by atoms with Crippen LogP contribution in [-0.4, -0.2) is 47.2 Å². The van der Waals surface area contributed by atoms with Crippen molar-refractivity contribution in [3.63, 3.8) is 0 Å². The van der Waals surface area contributed by atoms with Crippen LogP contribution in [-0.2, 0) is 24.1 Å². The van der Waals surface area contributed by atoms with Crippen molar-refractivity contribution >= 4 is 27.4 Å². The predicted molar refractivity (Wildman–Crippen MR) is 92.2 cm³/mol. The van der Waals surface area contributed by atoms with Gasteiger partial charge in [-0.2, -0.15) is 0 Å². The molecule has 2 fully saturated rings. The lowest BCUT2D eigenvalue weighted by atomic mass is 10.2. The maximum atomic E-state index is 5.44. The summed E-state index contributed by atoms with van der Waals surface area (Å²) in [5.74, 6) is 2.06. The van der Waals surface area contributed by atoms with Gasteiger partial charge in [0, 0.05) is 24.0 Å². The quantitative estimate of drug-likeness (QED) is 0.934. The Balaban J connectivity index is 1.52. The van der Waals surface area contributed by atoms with E-state index in [1.165, 1.54) is 52.8 Å². The number of thiophene rings is 1. The summed E-state index contributed by atoms with van der Waals surface area (Å²) in [6.07, 6.45) is 6.25. The van der Waals surface area contributed by atoms with Crippen LogP contribution in [0.3, 0.4) is 0 Å². The number of aromatic nitrogens is 2. The average Bonchev–Trinajstić information content (AvgIpc) is 3.13. The highest BCUT2D eigenvalue weighted by molar-refractivity contribution is 7.19. The van der Waals surface area contributed by atoms with Crippen LogP contribution < -0.4 is 5.32 Å². The van der Waals surface area contributed by atoms with Crippen molar-refractivity contribution in [2.45, 2.75) is 44.7 Å². The molecule has 122 valence electrons. The molecule has 2 aliphatic carbocycles. The maximum Gasteiger partial charge on any atom is 0.146 e. The van der Waals surface area contributed by atoms with Crippen LogP contribution in [0.25, 0.3) is 10.2 Å². The fourth-order valence-electron chi connectivity index (χ4n) is 3.60. The summed E-state index contributed by atoms with van der Waals surface area (Å²) >= 11 is 1.89. The second-order valence-electron chi connectivity index (χ2n) is 6.83. The number of ether oxygens (including phenoxy) is 1. The molecule has 3 aliphatic rings. The zero-order valence-corrected chi connectivity index (χ0v) is 14.1. The molecule has 2 aromatic rings. The third-order valence-corrected chi connectivity index (χ3v) is 6.18. The van der Waals surface area contributed by atoms with Gasteiger partial charge in [-0.1, -0.05) is 0 Å². The van der Waals surface area contributed by atoms with Gasteiger partial charge in [0.05, 0.1) is 25.1 Å². The minimum absolute atomic E-state index is 0.626. The van der Waals surface area contributed by atoms with Gasteiger partial charge in [-0.15, -0.1) is 11.3 Å². The Morgan fingerprint density at radius 1 is 1.17 bits per heavy atom. The number of anilines is 1. The number of hydrogen-bond acceptors (Lipinski definition) is 6. The van der Waals surface area contributed by atoms with Gasteiger partial charge in [-0.25, -0.2) is 9.97 Å². The summed E-state index contributed by atoms with van der Waals surface area (Å²) in [6.45, 7) is 4.44. The molecule has 1 saturated heterocycles. The molecule has 5 nitrogen and oxygen atoms in total. The van der Waals surface area contributed by atoms with Crippen LogP contribution in [0.1, 0.15) is 35.5 Å². The zero-order chi connectivity index (χ0) is 15.2. The normalized spacial score (nSPS) is 21.7. The SMILES string of the molecule is C1Cc2sc3nc(CN4CCOCC4)nc(NC4CC4)c3c2C1. The van der Waals surface area contributed by atoms with Gasteiger partial charge < -0.3 is 10.1 Å². The molecule has 0 spiro atoms. The van der Waals surface area contributed by atoms with E-state index in [1.807, 2.05) is 11.3 Å². The van der Waals surface area contributed by atoms with Crippen molar-refractivity contribution in [1.29, 1.82) is 0 Å². The van der Waals surface area contributed by atoms with Gasteiger partial charge in [-0.3, -0.25) is 4.90 Å². The lowest BCUT2D eigenvalue weighted by molar-refractivity contribution is 0.0331. The summed E-state index contributed by atoms with van der Waals surface area (Å²) in [5, 5.41) is 4.98. The van der Waals surface area contributed by atoms with Crippen LogP contribution in [0, 0.1) is 0 Å². The third-order valence-electron chi connectivity index (χ3n) is 5.00. The Bertz CT molecular complexity index is 734. The van der Waals surface area contributed by atoms with E-state index in [4.69, 9.17) is 14.7 Å². The van der Waals surface area contributed by atoms with Crippen molar-refractivity contribution in [1.82, 2.24) is 14.9 Å². The summed E-state index contributed by atoms with van der Waals surface area (Å²) in [5.41, 5.74) is 1.52. The Morgan fingerprint density at radius 2 is 2.04 bits per heavy atom. The first-order chi connectivity index (χ1) is 11.4. The van der Waals surface area contributed by atoms with E-state index in [9.17, 15) is 0 Å². The Kier molecular flexibility index (Phi) is 3.49. The van der Waals surface area contributed by atoms with Gasteiger partial charge in [0.25, 0.3) is 0 Å². The molecule has 1 N–H and O–H groups in total. The third kappa shape index (κ3) is 2.73. The highest BCUT2D eigenvalue weighted by Gasteiger charge is 2.27. The molecule has 0 bridgehead atoms. The van der Waals surface area contributed by atoms with Gasteiger partial charge in [0.1, 0.15) is 16.5 Å². The van der Waals surface area contributed by atoms with Crippen LogP contribution >= 0.6 is 11.3 Å². The van der Waals surface area contributed by atoms with Crippen LogP contribution in [0.5, 0.6) is 0 Å². The largest absolute Gasteiger partial charge is 0.379 e. The van der Waals surface area contributed by atoms with Crippen molar-refractivity contribution in [2.75, 3.05) is 31.6 Å². The van der Waals surface area contributed by atoms with E-state index in [2.05, 4.69) is 10.2 Å². The van der Waals surface area contributed by atoms with E-state index in [1.54, 1.807) is 0 Å². The molecule has 1 aliphatic heterocycles. The molecule has 5 rings (SSSR count). The summed E-state index contributed by atoms with van der Waals surface area (Å²) in [6, 6.07) is 0.626. The van der Waals surface area contributed by atoms with Crippen molar-refractivity contribution in [2.24, 2.45) is 0 Å². The second-order valence-corrected chi connectivity index (χ2v) is 7.92. The van der Waals surface area contributed by atoms with Crippen LogP contribution in [0.4, 0.5) is 5.82 Å². The molecule has 0 atom stereocenters. The molecular weight excluding hydrogens is 308 g/mol. The summed E-state index contributed by atoms with van der Waals surface area (Å²) in [4.78, 5) is 15.0. The van der Waals surface area contributed by atoms with Crippen molar-refractivity contribution in [3.05, 3.63) is 16.3 Å². The molecule has 0 amide bonds. The molecule has 0 unspecified atom stereocenters. The first kappa shape index (κ1) is 14.1. The molecule has 0 aromatic carbocycles. The van der Waals surface area contributed by atoms with Gasteiger partial charge in [-0.05, 0) is 37.7 Å². The lowest BCUT2D eigenvalue weighted by Gasteiger charge is -2.25. The number of morpholine rings is 1. The summed E-state index contributed by atoms with van der Waals surface area (Å²) < 4.78 is 5.44. The molecule has 2 aromatic heterocycles. The second kappa shape index (κ2) is 5.69. The standard InChI is InChI=1S/C17H22N4OS/c1-2-12-13(3-1)23-17-15(12)16(18-11-4-5-11)19-14(20-17)10-21-6-8-22-9-7-21/h11H,1-10H2,(H,18,19,20). The van der Waals surface area contributed by atoms with E-state index in [0.29, 0.717) is 6.04 Å². The monoisotopic (exact) mass is 330 g/mol. The topological polar surface area (TPSA) is 50.3 Å². The molecule has 23 heavy (non-hydrogen) atoms. The zero-order valence-electron chi connectivity index (χ0n) is 13.3. The minimum Gasteiger partial charge on any atom is -0.379 e. The highest BCUT2D eigenvalue weighted by Crippen LogP contribution is 2.40. The number of nitrogens with zero attached hydrogens (tertiary/aromatic N) is 3. The Morgan fingerprint density at radius 3 is 2.87 bits per heavy atom. The number of aryl methyl sites for hydroxylation is 2. The van der Waals surface area contributed by atoms with E-state index < -0.39 is 0 Å². The van der Waals surface area contributed by atoms with Crippen LogP contribution in [0.2, 0.25) is 0 Å². The first-order valence-corrected chi connectivity index (χ1v) is 9.56. The molecule has 1 saturated carbocycles. The smallest absolute Gasteiger partial charge is 0.146 e. The van der Waals surface area contributed by atoms with Crippen molar-refractivity contribution < 1.29 is 4.74 Å². The molecule has 3 heterocycles. The number of hydrogen-bond donors (Lipinski definition) is 1. The lowest BCUT2D eigenvalue weighted by Crippen LogP contribution is -2.36. The number of fused-ring (bicyclic) bond motifs is 3. The first-order valence-electron chi connectivity index (χ1n) is 8.74. The fraction of sp³-hybridized carbons (Fsp3) is 0.647. The predicted octanol–water partition coefficient (Wildman–Crippen LogP) is 2.59. The Labute approximate surface area is 140 Å². The summed E-state index contributed by atoms with van der Waals surface area (Å²) in [7, 11) is 0. The number of nitrogens with one attached hydrogen (secondary N) is 1. The molecular formula is C17H22N4OS. The van der Waals surface area contributed by atoms with Crippen LogP contribution in [0.15, 0.2) is 0 Å². The number of rotatable bonds is 4. The molecule has 6 heteroatoms. The highest BCUT2D eigenvalue weighted by atomic mass is 32.1. The van der Waals surface area contributed by atoms with Gasteiger partial charge in [0.2, 0.25) is 0 Å². The Hall–Kier alpha value is -1.24. The van der Waals surface area contributed by atoms with E-state index in [0.717, 1.165) is 44.5 Å². The maximum absolute atomic E-state index is 5.44. The minimum atomic E-state index is 0.626. The van der Waals surface area contributed by atoms with Gasteiger partial charge >= 0.3 is 0 Å². The molecule has 0 radical (unpaired) electrons. The van der Waals surface area contributed by atoms with E-state index in [-0.39, 0.29) is 0 Å². The van der Waals surface area contributed by atoms with Crippen molar-refractivity contribution in [3.8, 4) is 0 Å².